The predicted octanol–water partition coefficient (Wildman–Crippen LogP) is 0.517. The Labute approximate surface area is 96.6 Å². The fourth-order valence-electron chi connectivity index (χ4n) is 1.62. The summed E-state index contributed by atoms with van der Waals surface area (Å²) in [5.74, 6) is -0.779. The average Bonchev–Trinajstić information content (AvgIpc) is 2.27. The van der Waals surface area contributed by atoms with Crippen LogP contribution in [0.5, 0.6) is 0 Å². The molecule has 0 heterocycles. The van der Waals surface area contributed by atoms with Crippen LogP contribution in [0.15, 0.2) is 30.3 Å². The van der Waals surface area contributed by atoms with E-state index in [0.29, 0.717) is 0 Å². The summed E-state index contributed by atoms with van der Waals surface area (Å²) >= 11 is 0. The molecule has 1 N–H and O–H groups in total. The number of carbonyl (C=O) groups is 1. The van der Waals surface area contributed by atoms with Gasteiger partial charge in [-0.25, -0.2) is 0 Å². The van der Waals surface area contributed by atoms with Gasteiger partial charge in [-0.15, -0.1) is 0 Å². The van der Waals surface area contributed by atoms with Crippen molar-refractivity contribution < 1.29 is 22.6 Å². The zero-order valence-corrected chi connectivity index (χ0v) is 9.18. The smallest absolute Gasteiger partial charge is 0.361 e. The maximum Gasteiger partial charge on any atom is 0.369 e. The van der Waals surface area contributed by atoms with E-state index in [-0.39, 0.29) is 16.8 Å². The van der Waals surface area contributed by atoms with Crippen LogP contribution >= 0.6 is 0 Å². The average molecular weight is 250 g/mol. The minimum Gasteiger partial charge on any atom is -0.361 e. The summed E-state index contributed by atoms with van der Waals surface area (Å²) in [6.45, 7) is 0. The molecular formula is C10H6N2O4S. The summed E-state index contributed by atoms with van der Waals surface area (Å²) in [4.78, 5) is 13.8. The normalized spacial score (nSPS) is 15.0. The van der Waals surface area contributed by atoms with Crippen molar-refractivity contribution in [3.8, 4) is 0 Å². The lowest BCUT2D eigenvalue weighted by atomic mass is 9.95. The van der Waals surface area contributed by atoms with E-state index in [1.807, 2.05) is 0 Å². The number of hydrogen-bond donors (Lipinski definition) is 1. The Balaban J connectivity index is 2.85. The lowest BCUT2D eigenvalue weighted by Crippen LogP contribution is -2.23. The number of rotatable bonds is 1. The van der Waals surface area contributed by atoms with Gasteiger partial charge < -0.3 is 5.53 Å². The maximum absolute atomic E-state index is 11.5. The van der Waals surface area contributed by atoms with Gasteiger partial charge in [0.1, 0.15) is 4.91 Å². The quantitative estimate of drug-likeness (QED) is 0.445. The number of hydrogen-bond acceptors (Lipinski definition) is 3. The van der Waals surface area contributed by atoms with E-state index in [1.165, 1.54) is 12.1 Å². The Morgan fingerprint density at radius 3 is 2.29 bits per heavy atom. The molecule has 0 saturated heterocycles. The van der Waals surface area contributed by atoms with Crippen LogP contribution in [0.4, 0.5) is 0 Å². The fourth-order valence-corrected chi connectivity index (χ4v) is 2.33. The van der Waals surface area contributed by atoms with Crippen molar-refractivity contribution in [3.05, 3.63) is 47.0 Å². The molecule has 0 aromatic heterocycles. The van der Waals surface area contributed by atoms with E-state index >= 15 is 0 Å². The third-order valence-corrected chi connectivity index (χ3v) is 3.21. The Bertz CT molecular complexity index is 697. The molecule has 1 aliphatic carbocycles. The molecule has 0 saturated carbocycles. The van der Waals surface area contributed by atoms with Gasteiger partial charge in [0.2, 0.25) is 0 Å². The van der Waals surface area contributed by atoms with Crippen molar-refractivity contribution in [2.75, 3.05) is 0 Å². The van der Waals surface area contributed by atoms with Crippen LogP contribution in [-0.4, -0.2) is 29.3 Å². The second-order valence-corrected chi connectivity index (χ2v) is 4.73. The minimum absolute atomic E-state index is 0.127. The van der Waals surface area contributed by atoms with Crippen LogP contribution < -0.4 is 0 Å². The molecule has 17 heavy (non-hydrogen) atoms. The van der Waals surface area contributed by atoms with Crippen LogP contribution in [-0.2, 0) is 14.9 Å². The predicted molar refractivity (Wildman–Crippen MR) is 58.7 cm³/mol. The molecule has 0 spiro atoms. The highest BCUT2D eigenvalue weighted by atomic mass is 32.2. The van der Waals surface area contributed by atoms with Gasteiger partial charge in [0.25, 0.3) is 15.9 Å². The van der Waals surface area contributed by atoms with Crippen molar-refractivity contribution in [1.29, 1.82) is 0 Å². The molecule has 1 aliphatic rings. The topological polar surface area (TPSA) is 108 Å². The first-order valence-corrected chi connectivity index (χ1v) is 5.94. The maximum atomic E-state index is 11.5. The summed E-state index contributed by atoms with van der Waals surface area (Å²) in [7, 11) is -4.50. The molecule has 0 aliphatic heterocycles. The lowest BCUT2D eigenvalue weighted by Gasteiger charge is -2.11. The SMILES string of the molecule is [N-]=[N+]=C1C(=O)C=C(S(=O)(=O)O)c2ccccc21. The standard InChI is InChI=1S/C10H6N2O4S/c11-12-10-7-4-2-1-3-6(7)9(5-8(10)13)17(14,15)16/h1-5H,(H,14,15,16). The van der Waals surface area contributed by atoms with Gasteiger partial charge in [0.05, 0.1) is 5.56 Å². The summed E-state index contributed by atoms with van der Waals surface area (Å²) in [5.41, 5.74) is 8.76. The Hall–Kier alpha value is -2.08. The van der Waals surface area contributed by atoms with Gasteiger partial charge in [-0.2, -0.15) is 13.2 Å². The molecule has 0 bridgehead atoms. The van der Waals surface area contributed by atoms with Gasteiger partial charge in [-0.05, 0) is 6.07 Å². The van der Waals surface area contributed by atoms with Crippen LogP contribution in [0.3, 0.4) is 0 Å². The molecule has 2 rings (SSSR count). The van der Waals surface area contributed by atoms with Gasteiger partial charge in [-0.1, -0.05) is 18.2 Å². The second kappa shape index (κ2) is 3.74. The van der Waals surface area contributed by atoms with E-state index in [9.17, 15) is 13.2 Å². The summed E-state index contributed by atoms with van der Waals surface area (Å²) in [6, 6.07) is 5.94. The van der Waals surface area contributed by atoms with Crippen molar-refractivity contribution in [3.63, 3.8) is 0 Å². The van der Waals surface area contributed by atoms with Crippen LogP contribution in [0.25, 0.3) is 10.4 Å². The van der Waals surface area contributed by atoms with Gasteiger partial charge >= 0.3 is 5.71 Å². The van der Waals surface area contributed by atoms with E-state index in [2.05, 4.69) is 4.79 Å². The first-order valence-electron chi connectivity index (χ1n) is 4.50. The van der Waals surface area contributed by atoms with Gasteiger partial charge in [0.15, 0.2) is 0 Å². The number of ketones is 1. The molecule has 0 atom stereocenters. The van der Waals surface area contributed by atoms with E-state index in [4.69, 9.17) is 10.1 Å². The Morgan fingerprint density at radius 1 is 1.18 bits per heavy atom. The fraction of sp³-hybridized carbons (Fsp3) is 0. The Morgan fingerprint density at radius 2 is 1.76 bits per heavy atom. The van der Waals surface area contributed by atoms with Crippen molar-refractivity contribution in [2.45, 2.75) is 0 Å². The highest BCUT2D eigenvalue weighted by Gasteiger charge is 2.34. The van der Waals surface area contributed by atoms with Crippen LogP contribution in [0.1, 0.15) is 11.1 Å². The molecule has 1 aromatic rings. The highest BCUT2D eigenvalue weighted by Crippen LogP contribution is 2.28. The van der Waals surface area contributed by atoms with Crippen molar-refractivity contribution in [1.82, 2.24) is 0 Å². The number of allylic oxidation sites excluding steroid dienone is 1. The van der Waals surface area contributed by atoms with E-state index in [1.54, 1.807) is 12.1 Å². The third-order valence-electron chi connectivity index (χ3n) is 2.32. The molecule has 0 radical (unpaired) electrons. The first-order chi connectivity index (χ1) is 7.95. The molecule has 86 valence electrons. The molecule has 0 amide bonds. The van der Waals surface area contributed by atoms with Crippen molar-refractivity contribution in [2.24, 2.45) is 0 Å². The van der Waals surface area contributed by atoms with Gasteiger partial charge in [0, 0.05) is 11.6 Å². The zero-order chi connectivity index (χ0) is 12.6. The zero-order valence-electron chi connectivity index (χ0n) is 8.36. The molecular weight excluding hydrogens is 244 g/mol. The molecule has 6 nitrogen and oxygen atoms in total. The Kier molecular flexibility index (Phi) is 2.51. The molecule has 7 heteroatoms. The summed E-state index contributed by atoms with van der Waals surface area (Å²) in [5, 5.41) is 0. The molecule has 1 aromatic carbocycles. The second-order valence-electron chi connectivity index (χ2n) is 3.34. The van der Waals surface area contributed by atoms with E-state index < -0.39 is 20.8 Å². The number of nitrogens with zero attached hydrogens (tertiary/aromatic N) is 2. The van der Waals surface area contributed by atoms with Crippen LogP contribution in [0.2, 0.25) is 0 Å². The monoisotopic (exact) mass is 250 g/mol. The van der Waals surface area contributed by atoms with Crippen LogP contribution in [0, 0.1) is 0 Å². The highest BCUT2D eigenvalue weighted by molar-refractivity contribution is 7.95. The summed E-state index contributed by atoms with van der Waals surface area (Å²) in [6.07, 6.45) is 0.729. The number of fused-ring (bicyclic) bond motifs is 1. The number of carbonyl (C=O) groups excluding carboxylic acids is 1. The first kappa shape index (κ1) is 11.4. The molecule has 0 fully saturated rings. The van der Waals surface area contributed by atoms with Gasteiger partial charge in [-0.3, -0.25) is 9.35 Å². The third kappa shape index (κ3) is 1.83. The molecule has 0 unspecified atom stereocenters. The summed E-state index contributed by atoms with van der Waals surface area (Å²) < 4.78 is 31.3. The van der Waals surface area contributed by atoms with E-state index in [0.717, 1.165) is 6.08 Å². The van der Waals surface area contributed by atoms with Crippen molar-refractivity contribution >= 4 is 26.5 Å². The largest absolute Gasteiger partial charge is 0.369 e. The minimum atomic E-state index is -4.50. The lowest BCUT2D eigenvalue weighted by molar-refractivity contribution is -0.112. The number of benzene rings is 1.